The van der Waals surface area contributed by atoms with Crippen LogP contribution in [0.15, 0.2) is 29.3 Å². The van der Waals surface area contributed by atoms with E-state index in [0.717, 1.165) is 31.2 Å². The molecule has 1 aromatic rings. The molecule has 1 saturated carbocycles. The van der Waals surface area contributed by atoms with Gasteiger partial charge in [-0.05, 0) is 37.1 Å². The van der Waals surface area contributed by atoms with Gasteiger partial charge >= 0.3 is 0 Å². The van der Waals surface area contributed by atoms with Gasteiger partial charge in [0.25, 0.3) is 5.91 Å². The maximum absolute atomic E-state index is 12.0. The van der Waals surface area contributed by atoms with Crippen LogP contribution in [0.3, 0.4) is 0 Å². The summed E-state index contributed by atoms with van der Waals surface area (Å²) < 4.78 is 0. The highest BCUT2D eigenvalue weighted by molar-refractivity contribution is 6.30. The number of nitrogens with zero attached hydrogens (tertiary/aromatic N) is 1. The van der Waals surface area contributed by atoms with E-state index in [1.165, 1.54) is 0 Å². The number of hydrogen-bond donors (Lipinski definition) is 1. The lowest BCUT2D eigenvalue weighted by Crippen LogP contribution is -2.37. The van der Waals surface area contributed by atoms with Crippen LogP contribution < -0.4 is 5.32 Å². The summed E-state index contributed by atoms with van der Waals surface area (Å²) in [5.74, 6) is 0.744. The second-order valence-electron chi connectivity index (χ2n) is 4.66. The zero-order chi connectivity index (χ0) is 11.9. The Labute approximate surface area is 105 Å². The molecule has 1 aliphatic carbocycles. The third-order valence-corrected chi connectivity index (χ3v) is 3.78. The smallest absolute Gasteiger partial charge is 0.253 e. The molecule has 1 N–H and O–H groups in total. The summed E-state index contributed by atoms with van der Waals surface area (Å²) in [6, 6.07) is 7.39. The average Bonchev–Trinajstić information content (AvgIpc) is 2.90. The van der Waals surface area contributed by atoms with Crippen LogP contribution in [0.25, 0.3) is 0 Å². The number of carbonyl (C=O) groups excluding carboxylic acids is 1. The fourth-order valence-electron chi connectivity index (χ4n) is 2.56. The summed E-state index contributed by atoms with van der Waals surface area (Å²) in [7, 11) is 0. The molecule has 1 spiro atoms. The fourth-order valence-corrected chi connectivity index (χ4v) is 2.69. The van der Waals surface area contributed by atoms with E-state index in [1.807, 2.05) is 24.3 Å². The minimum Gasteiger partial charge on any atom is -0.308 e. The van der Waals surface area contributed by atoms with E-state index in [2.05, 4.69) is 10.3 Å². The Bertz CT molecular complexity index is 487. The third-order valence-electron chi connectivity index (χ3n) is 3.53. The van der Waals surface area contributed by atoms with Crippen LogP contribution in [-0.2, 0) is 4.79 Å². The van der Waals surface area contributed by atoms with Crippen molar-refractivity contribution in [3.63, 3.8) is 0 Å². The van der Waals surface area contributed by atoms with Crippen molar-refractivity contribution in [2.75, 3.05) is 0 Å². The second-order valence-corrected chi connectivity index (χ2v) is 5.10. The van der Waals surface area contributed by atoms with E-state index < -0.39 is 5.54 Å². The van der Waals surface area contributed by atoms with Gasteiger partial charge in [-0.3, -0.25) is 9.79 Å². The van der Waals surface area contributed by atoms with Crippen LogP contribution in [0.4, 0.5) is 0 Å². The molecule has 1 aromatic carbocycles. The molecule has 0 atom stereocenters. The van der Waals surface area contributed by atoms with Crippen molar-refractivity contribution in [3.8, 4) is 0 Å². The van der Waals surface area contributed by atoms with Crippen molar-refractivity contribution in [1.29, 1.82) is 0 Å². The maximum Gasteiger partial charge on any atom is 0.253 e. The van der Waals surface area contributed by atoms with Crippen LogP contribution in [-0.4, -0.2) is 17.3 Å². The van der Waals surface area contributed by atoms with E-state index in [0.29, 0.717) is 10.9 Å². The Balaban J connectivity index is 1.95. The van der Waals surface area contributed by atoms with Gasteiger partial charge in [-0.2, -0.15) is 0 Å². The van der Waals surface area contributed by atoms with Gasteiger partial charge in [-0.15, -0.1) is 0 Å². The highest BCUT2D eigenvalue weighted by Gasteiger charge is 2.45. The predicted molar refractivity (Wildman–Crippen MR) is 67.3 cm³/mol. The number of amidine groups is 1. The van der Waals surface area contributed by atoms with Gasteiger partial charge in [0.2, 0.25) is 0 Å². The number of hydrogen-bond acceptors (Lipinski definition) is 2. The first kappa shape index (κ1) is 10.8. The second kappa shape index (κ2) is 3.84. The first-order valence-corrected chi connectivity index (χ1v) is 6.25. The van der Waals surface area contributed by atoms with E-state index >= 15 is 0 Å². The van der Waals surface area contributed by atoms with Crippen LogP contribution >= 0.6 is 11.6 Å². The van der Waals surface area contributed by atoms with Crippen molar-refractivity contribution in [1.82, 2.24) is 5.32 Å². The minimum atomic E-state index is -0.477. The number of halogens is 1. The van der Waals surface area contributed by atoms with Gasteiger partial charge < -0.3 is 5.32 Å². The number of aliphatic imine (C=N–C) groups is 1. The Morgan fingerprint density at radius 3 is 2.47 bits per heavy atom. The molecule has 0 saturated heterocycles. The average molecular weight is 249 g/mol. The first-order valence-electron chi connectivity index (χ1n) is 5.87. The van der Waals surface area contributed by atoms with Gasteiger partial charge in [-0.1, -0.05) is 24.4 Å². The monoisotopic (exact) mass is 248 g/mol. The standard InChI is InChI=1S/C13H13ClN2O/c14-10-5-3-9(4-6-10)11-15-12(17)13(16-11)7-1-2-8-13/h3-6H,1-2,7-8H2,(H,15,16,17). The van der Waals surface area contributed by atoms with Crippen LogP contribution in [0.2, 0.25) is 5.02 Å². The lowest BCUT2D eigenvalue weighted by molar-refractivity contribution is -0.123. The molecule has 1 aliphatic heterocycles. The number of benzene rings is 1. The van der Waals surface area contributed by atoms with Crippen molar-refractivity contribution in [2.45, 2.75) is 31.2 Å². The molecule has 1 fully saturated rings. The number of nitrogens with one attached hydrogen (secondary N) is 1. The lowest BCUT2D eigenvalue weighted by Gasteiger charge is -2.14. The van der Waals surface area contributed by atoms with Crippen LogP contribution in [0.5, 0.6) is 0 Å². The summed E-state index contributed by atoms with van der Waals surface area (Å²) in [6.07, 6.45) is 3.92. The molecule has 3 rings (SSSR count). The number of rotatable bonds is 1. The van der Waals surface area contributed by atoms with Crippen molar-refractivity contribution in [2.24, 2.45) is 4.99 Å². The lowest BCUT2D eigenvalue weighted by atomic mass is 9.99. The van der Waals surface area contributed by atoms with Crippen molar-refractivity contribution < 1.29 is 4.79 Å². The number of carbonyl (C=O) groups is 1. The van der Waals surface area contributed by atoms with Crippen LogP contribution in [0.1, 0.15) is 31.2 Å². The molecule has 1 heterocycles. The molecular weight excluding hydrogens is 236 g/mol. The SMILES string of the molecule is O=C1NC(c2ccc(Cl)cc2)=NC12CCCC2. The van der Waals surface area contributed by atoms with Gasteiger partial charge in [0.05, 0.1) is 0 Å². The van der Waals surface area contributed by atoms with E-state index in [9.17, 15) is 4.79 Å². The summed E-state index contributed by atoms with van der Waals surface area (Å²) >= 11 is 5.84. The topological polar surface area (TPSA) is 41.5 Å². The van der Waals surface area contributed by atoms with E-state index in [4.69, 9.17) is 11.6 Å². The molecule has 0 radical (unpaired) electrons. The fraction of sp³-hybridized carbons (Fsp3) is 0.385. The maximum atomic E-state index is 12.0. The summed E-state index contributed by atoms with van der Waals surface area (Å²) in [5, 5.41) is 3.58. The molecule has 88 valence electrons. The first-order chi connectivity index (χ1) is 8.20. The zero-order valence-corrected chi connectivity index (χ0v) is 10.1. The number of amides is 1. The highest BCUT2D eigenvalue weighted by atomic mass is 35.5. The Kier molecular flexibility index (Phi) is 2.44. The normalized spacial score (nSPS) is 21.7. The molecule has 3 nitrogen and oxygen atoms in total. The molecule has 2 aliphatic rings. The zero-order valence-electron chi connectivity index (χ0n) is 9.37. The summed E-state index contributed by atoms with van der Waals surface area (Å²) in [6.45, 7) is 0. The molecular formula is C13H13ClN2O. The molecule has 0 unspecified atom stereocenters. The Morgan fingerprint density at radius 2 is 1.82 bits per heavy atom. The molecule has 0 aromatic heterocycles. The van der Waals surface area contributed by atoms with Gasteiger partial charge in [0.1, 0.15) is 11.4 Å². The molecule has 4 heteroatoms. The largest absolute Gasteiger partial charge is 0.308 e. The van der Waals surface area contributed by atoms with E-state index in [1.54, 1.807) is 0 Å². The Morgan fingerprint density at radius 1 is 1.18 bits per heavy atom. The summed E-state index contributed by atoms with van der Waals surface area (Å²) in [4.78, 5) is 16.6. The van der Waals surface area contributed by atoms with Crippen molar-refractivity contribution >= 4 is 23.3 Å². The minimum absolute atomic E-state index is 0.0555. The summed E-state index contributed by atoms with van der Waals surface area (Å²) in [5.41, 5.74) is 0.445. The van der Waals surface area contributed by atoms with Gasteiger partial charge in [0.15, 0.2) is 0 Å². The molecule has 0 bridgehead atoms. The van der Waals surface area contributed by atoms with Gasteiger partial charge in [-0.25, -0.2) is 0 Å². The van der Waals surface area contributed by atoms with Crippen LogP contribution in [0, 0.1) is 0 Å². The Hall–Kier alpha value is -1.35. The van der Waals surface area contributed by atoms with E-state index in [-0.39, 0.29) is 5.91 Å². The quantitative estimate of drug-likeness (QED) is 0.815. The predicted octanol–water partition coefficient (Wildman–Crippen LogP) is 2.53. The highest BCUT2D eigenvalue weighted by Crippen LogP contribution is 2.36. The van der Waals surface area contributed by atoms with Gasteiger partial charge in [0, 0.05) is 10.6 Å². The third kappa shape index (κ3) is 1.75. The molecule has 1 amide bonds. The van der Waals surface area contributed by atoms with Crippen molar-refractivity contribution in [3.05, 3.63) is 34.9 Å². The molecule has 17 heavy (non-hydrogen) atoms.